The summed E-state index contributed by atoms with van der Waals surface area (Å²) in [5.41, 5.74) is -6.57. The number of ether oxygens (including phenoxy) is 2. The number of methoxy groups -OCH3 is 1. The topological polar surface area (TPSA) is 110 Å². The van der Waals surface area contributed by atoms with E-state index in [4.69, 9.17) is 4.55 Å². The van der Waals surface area contributed by atoms with Crippen LogP contribution >= 0.6 is 0 Å². The van der Waals surface area contributed by atoms with E-state index < -0.39 is 56.9 Å². The van der Waals surface area contributed by atoms with Crippen molar-refractivity contribution in [2.45, 2.75) is 24.9 Å². The molecule has 0 aliphatic rings. The van der Waals surface area contributed by atoms with Crippen molar-refractivity contribution >= 4 is 16.1 Å². The number of carbonyl (C=O) groups excluding carboxylic acids is 1. The average Bonchev–Trinajstić information content (AvgIpc) is 2.45. The van der Waals surface area contributed by atoms with Crippen molar-refractivity contribution in [2.24, 2.45) is 0 Å². The molecule has 0 fully saturated rings. The third-order valence-electron chi connectivity index (χ3n) is 3.29. The highest BCUT2D eigenvalue weighted by atomic mass is 32.2. The van der Waals surface area contributed by atoms with Crippen LogP contribution in [-0.2, 0) is 14.9 Å². The van der Waals surface area contributed by atoms with Crippen LogP contribution in [0.5, 0.6) is 11.5 Å². The molecule has 0 heterocycles. The largest absolute Gasteiger partial charge is 0.504 e. The Kier molecular flexibility index (Phi) is 5.98. The maximum Gasteiger partial charge on any atom is 0.438 e. The highest BCUT2D eigenvalue weighted by Crippen LogP contribution is 2.47. The summed E-state index contributed by atoms with van der Waals surface area (Å²) in [4.78, 5) is 11.9. The lowest BCUT2D eigenvalue weighted by Crippen LogP contribution is -2.63. The number of aromatic hydroxyl groups is 1. The Morgan fingerprint density at radius 3 is 1.96 bits per heavy atom. The number of halogens is 6. The highest BCUT2D eigenvalue weighted by molar-refractivity contribution is 7.85. The molecule has 0 atom stereocenters. The van der Waals surface area contributed by atoms with Crippen LogP contribution in [0.4, 0.5) is 26.3 Å². The van der Waals surface area contributed by atoms with Gasteiger partial charge in [-0.15, -0.1) is 0 Å². The van der Waals surface area contributed by atoms with Crippen molar-refractivity contribution in [3.05, 3.63) is 23.3 Å². The lowest BCUT2D eigenvalue weighted by atomic mass is 10.0. The van der Waals surface area contributed by atoms with Gasteiger partial charge in [-0.3, -0.25) is 4.55 Å². The summed E-state index contributed by atoms with van der Waals surface area (Å²) in [5, 5.41) is 9.60. The van der Waals surface area contributed by atoms with Crippen molar-refractivity contribution in [3.8, 4) is 11.5 Å². The first-order valence-corrected chi connectivity index (χ1v) is 8.25. The quantitative estimate of drug-likeness (QED) is 0.423. The Labute approximate surface area is 148 Å². The fraction of sp³-hybridized carbons (Fsp3) is 0.462. The van der Waals surface area contributed by atoms with Gasteiger partial charge in [0.15, 0.2) is 11.5 Å². The van der Waals surface area contributed by atoms with Gasteiger partial charge < -0.3 is 14.6 Å². The van der Waals surface area contributed by atoms with E-state index in [-0.39, 0.29) is 5.56 Å². The third-order valence-corrected chi connectivity index (χ3v) is 4.06. The zero-order valence-corrected chi connectivity index (χ0v) is 14.3. The SMILES string of the molecule is COc1cc(C(=O)OC(CS(=O)(=O)O)(C(F)(F)F)C(F)(F)F)cc(C)c1O. The number of hydrogen-bond acceptors (Lipinski definition) is 6. The Hall–Kier alpha value is -2.22. The molecule has 0 unspecified atom stereocenters. The maximum absolute atomic E-state index is 13.1. The molecule has 0 aliphatic carbocycles. The molecule has 154 valence electrons. The summed E-state index contributed by atoms with van der Waals surface area (Å²) in [6, 6.07) is 1.29. The number of rotatable bonds is 5. The zero-order valence-electron chi connectivity index (χ0n) is 13.5. The second-order valence-electron chi connectivity index (χ2n) is 5.28. The number of alkyl halides is 6. The Balaban J connectivity index is 3.55. The maximum atomic E-state index is 13.1. The summed E-state index contributed by atoms with van der Waals surface area (Å²) >= 11 is 0. The monoisotopic (exact) mass is 426 g/mol. The molecule has 0 aliphatic heterocycles. The van der Waals surface area contributed by atoms with Crippen LogP contribution in [0.25, 0.3) is 0 Å². The predicted molar refractivity (Wildman–Crippen MR) is 76.1 cm³/mol. The number of phenolic OH excluding ortho intramolecular Hbond substituents is 1. The lowest BCUT2D eigenvalue weighted by molar-refractivity contribution is -0.356. The second-order valence-corrected chi connectivity index (χ2v) is 6.73. The third kappa shape index (κ3) is 4.74. The van der Waals surface area contributed by atoms with Crippen molar-refractivity contribution in [3.63, 3.8) is 0 Å². The Morgan fingerprint density at radius 1 is 1.11 bits per heavy atom. The van der Waals surface area contributed by atoms with Crippen LogP contribution in [0.2, 0.25) is 0 Å². The second kappa shape index (κ2) is 7.07. The van der Waals surface area contributed by atoms with Crippen molar-refractivity contribution in [2.75, 3.05) is 12.9 Å². The van der Waals surface area contributed by atoms with Gasteiger partial charge in [-0.05, 0) is 24.6 Å². The van der Waals surface area contributed by atoms with Crippen LogP contribution in [0.15, 0.2) is 12.1 Å². The average molecular weight is 426 g/mol. The number of esters is 1. The van der Waals surface area contributed by atoms with Gasteiger partial charge in [0.25, 0.3) is 10.1 Å². The van der Waals surface area contributed by atoms with Gasteiger partial charge >= 0.3 is 23.9 Å². The molecule has 7 nitrogen and oxygen atoms in total. The fourth-order valence-corrected chi connectivity index (χ4v) is 2.86. The minimum atomic E-state index is -6.44. The predicted octanol–water partition coefficient (Wildman–Crippen LogP) is 2.62. The van der Waals surface area contributed by atoms with Gasteiger partial charge in [0.05, 0.1) is 12.7 Å². The van der Waals surface area contributed by atoms with Crippen molar-refractivity contribution < 1.29 is 58.7 Å². The van der Waals surface area contributed by atoms with Crippen LogP contribution < -0.4 is 4.74 Å². The minimum Gasteiger partial charge on any atom is -0.504 e. The van der Waals surface area contributed by atoms with Crippen molar-refractivity contribution in [1.29, 1.82) is 0 Å². The van der Waals surface area contributed by atoms with Crippen LogP contribution in [-0.4, -0.2) is 54.9 Å². The van der Waals surface area contributed by atoms with E-state index >= 15 is 0 Å². The number of carbonyl (C=O) groups is 1. The molecule has 0 saturated carbocycles. The van der Waals surface area contributed by atoms with Gasteiger partial charge in [0.1, 0.15) is 5.75 Å². The molecule has 0 aromatic heterocycles. The lowest BCUT2D eigenvalue weighted by Gasteiger charge is -2.35. The standard InChI is InChI=1S/C13H12F6O7S/c1-6-3-7(4-8(25-2)9(6)20)10(21)26-11(12(14,15)16,13(17,18)19)5-27(22,23)24/h3-4,20H,5H2,1-2H3,(H,22,23,24). The normalized spacial score (nSPS) is 13.4. The van der Waals surface area contributed by atoms with E-state index in [1.54, 1.807) is 0 Å². The molecular formula is C13H12F6O7S. The van der Waals surface area contributed by atoms with E-state index in [0.29, 0.717) is 12.1 Å². The van der Waals surface area contributed by atoms with E-state index in [2.05, 4.69) is 9.47 Å². The molecule has 0 amide bonds. The van der Waals surface area contributed by atoms with Gasteiger partial charge in [0, 0.05) is 0 Å². The van der Waals surface area contributed by atoms with Crippen molar-refractivity contribution in [1.82, 2.24) is 0 Å². The number of hydrogen-bond donors (Lipinski definition) is 2. The summed E-state index contributed by atoms with van der Waals surface area (Å²) < 4.78 is 117. The van der Waals surface area contributed by atoms with Crippen LogP contribution in [0.3, 0.4) is 0 Å². The van der Waals surface area contributed by atoms with Crippen LogP contribution in [0, 0.1) is 6.92 Å². The first kappa shape index (κ1) is 22.8. The van der Waals surface area contributed by atoms with E-state index in [9.17, 15) is 44.7 Å². The number of phenols is 1. The fourth-order valence-electron chi connectivity index (χ4n) is 1.96. The van der Waals surface area contributed by atoms with Gasteiger partial charge in [-0.2, -0.15) is 34.8 Å². The summed E-state index contributed by atoms with van der Waals surface area (Å²) in [6.07, 6.45) is -12.9. The zero-order chi connectivity index (χ0) is 21.4. The number of benzene rings is 1. The van der Waals surface area contributed by atoms with E-state index in [1.807, 2.05) is 0 Å². The minimum absolute atomic E-state index is 0.152. The van der Waals surface area contributed by atoms with Gasteiger partial charge in [-0.1, -0.05) is 0 Å². The van der Waals surface area contributed by atoms with E-state index in [1.165, 1.54) is 0 Å². The number of aryl methyl sites for hydroxylation is 1. The summed E-state index contributed by atoms with van der Waals surface area (Å²) in [7, 11) is -4.89. The Bertz CT molecular complexity index is 815. The molecule has 0 saturated heterocycles. The van der Waals surface area contributed by atoms with Gasteiger partial charge in [0.2, 0.25) is 0 Å². The molecule has 0 spiro atoms. The Morgan fingerprint density at radius 2 is 1.59 bits per heavy atom. The molecule has 1 aromatic carbocycles. The molecule has 0 bridgehead atoms. The molecule has 27 heavy (non-hydrogen) atoms. The summed E-state index contributed by atoms with van der Waals surface area (Å²) in [6.45, 7) is 1.16. The first-order valence-electron chi connectivity index (χ1n) is 6.65. The molecule has 2 N–H and O–H groups in total. The van der Waals surface area contributed by atoms with Gasteiger partial charge in [-0.25, -0.2) is 4.79 Å². The molecular weight excluding hydrogens is 414 g/mol. The van der Waals surface area contributed by atoms with E-state index in [0.717, 1.165) is 14.0 Å². The first-order chi connectivity index (χ1) is 11.9. The summed E-state index contributed by atoms with van der Waals surface area (Å²) in [5.74, 6) is -6.20. The smallest absolute Gasteiger partial charge is 0.438 e. The molecule has 1 aromatic rings. The molecule has 0 radical (unpaired) electrons. The van der Waals surface area contributed by atoms with Crippen LogP contribution in [0.1, 0.15) is 15.9 Å². The molecule has 14 heteroatoms. The highest BCUT2D eigenvalue weighted by Gasteiger charge is 2.76. The molecule has 1 rings (SSSR count).